The van der Waals surface area contributed by atoms with E-state index in [0.717, 1.165) is 19.6 Å². The molecule has 0 aromatic rings. The second-order valence-electron chi connectivity index (χ2n) is 1.50. The lowest BCUT2D eigenvalue weighted by molar-refractivity contribution is 0.802. The molecule has 0 atom stereocenters. The van der Waals surface area contributed by atoms with Crippen molar-refractivity contribution in [2.75, 3.05) is 33.7 Å². The molecule has 3 heteroatoms. The summed E-state index contributed by atoms with van der Waals surface area (Å²) >= 11 is 0. The lowest BCUT2D eigenvalue weighted by atomic mass is 10.7. The van der Waals surface area contributed by atoms with Crippen molar-refractivity contribution in [1.82, 2.24) is 10.6 Å². The molecule has 0 heterocycles. The fraction of sp³-hybridized carbons (Fsp3) is 0.625. The van der Waals surface area contributed by atoms with Crippen LogP contribution in [-0.4, -0.2) is 33.7 Å². The molecule has 0 amide bonds. The second-order valence-corrected chi connectivity index (χ2v) is 1.50. The van der Waals surface area contributed by atoms with Crippen LogP contribution in [0, 0.1) is 6.92 Å². The maximum atomic E-state index is 5.08. The molecule has 0 fully saturated rings. The molecule has 0 spiro atoms. The van der Waals surface area contributed by atoms with Gasteiger partial charge in [-0.05, 0) is 27.6 Å². The van der Waals surface area contributed by atoms with Gasteiger partial charge in [-0.1, -0.05) is 0 Å². The van der Waals surface area contributed by atoms with Crippen molar-refractivity contribution in [3.63, 3.8) is 0 Å². The number of hydrogen-bond acceptors (Lipinski definition) is 3. The first-order valence-corrected chi connectivity index (χ1v) is 3.62. The van der Waals surface area contributed by atoms with Crippen LogP contribution in [0.2, 0.25) is 0 Å². The lowest BCUT2D eigenvalue weighted by Crippen LogP contribution is -2.17. The lowest BCUT2D eigenvalue weighted by Gasteiger charge is -1.85. The molecule has 0 aromatic heterocycles. The Balaban J connectivity index is -0.0000000965. The Bertz CT molecular complexity index is 36.3. The van der Waals surface area contributed by atoms with Gasteiger partial charge in [-0.3, -0.25) is 0 Å². The number of nitrogens with two attached hydrogens (primary N) is 1. The van der Waals surface area contributed by atoms with Gasteiger partial charge >= 0.3 is 0 Å². The zero-order chi connectivity index (χ0) is 9.54. The molecule has 0 aliphatic carbocycles. The van der Waals surface area contributed by atoms with E-state index < -0.39 is 0 Å². The van der Waals surface area contributed by atoms with Gasteiger partial charge in [0.2, 0.25) is 0 Å². The van der Waals surface area contributed by atoms with Crippen molar-refractivity contribution < 1.29 is 0 Å². The van der Waals surface area contributed by atoms with Crippen LogP contribution in [0.3, 0.4) is 0 Å². The quantitative estimate of drug-likeness (QED) is 0.510. The molecule has 4 N–H and O–H groups in total. The Morgan fingerprint density at radius 3 is 1.55 bits per heavy atom. The fourth-order valence-electron chi connectivity index (χ4n) is 0.144. The van der Waals surface area contributed by atoms with E-state index in [1.54, 1.807) is 0 Å². The predicted octanol–water partition coefficient (Wildman–Crippen LogP) is 0.00659. The number of rotatable bonds is 3. The maximum Gasteiger partial charge on any atom is 0.00714 e. The van der Waals surface area contributed by atoms with Crippen LogP contribution in [-0.2, 0) is 0 Å². The minimum atomic E-state index is 0.733. The van der Waals surface area contributed by atoms with E-state index in [4.69, 9.17) is 5.73 Å². The van der Waals surface area contributed by atoms with Crippen LogP contribution in [0.15, 0.2) is 13.2 Å². The summed E-state index contributed by atoms with van der Waals surface area (Å²) in [6.45, 7) is 12.0. The van der Waals surface area contributed by atoms with E-state index in [9.17, 15) is 0 Å². The molecular weight excluding hydrogens is 138 g/mol. The largest absolute Gasteiger partial charge is 0.329 e. The Kier molecular flexibility index (Phi) is 51.5. The average molecular weight is 160 g/mol. The molecular formula is C8H22N3. The van der Waals surface area contributed by atoms with Crippen LogP contribution < -0.4 is 16.4 Å². The summed E-state index contributed by atoms with van der Waals surface area (Å²) in [6, 6.07) is 0. The van der Waals surface area contributed by atoms with Crippen molar-refractivity contribution >= 4 is 0 Å². The maximum absolute atomic E-state index is 5.08. The zero-order valence-electron chi connectivity index (χ0n) is 7.82. The van der Waals surface area contributed by atoms with Gasteiger partial charge in [-0.25, -0.2) is 0 Å². The van der Waals surface area contributed by atoms with Crippen LogP contribution in [0.25, 0.3) is 0 Å². The highest BCUT2D eigenvalue weighted by molar-refractivity contribution is 4.33. The van der Waals surface area contributed by atoms with E-state index in [1.807, 2.05) is 14.1 Å². The van der Waals surface area contributed by atoms with Crippen molar-refractivity contribution in [2.24, 2.45) is 5.73 Å². The van der Waals surface area contributed by atoms with Crippen molar-refractivity contribution in [2.45, 2.75) is 0 Å². The normalized spacial score (nSPS) is 6.91. The molecule has 0 unspecified atom stereocenters. The van der Waals surface area contributed by atoms with Gasteiger partial charge in [-0.2, -0.15) is 0 Å². The van der Waals surface area contributed by atoms with Gasteiger partial charge in [0, 0.05) is 13.1 Å². The van der Waals surface area contributed by atoms with Crippen LogP contribution in [0.4, 0.5) is 0 Å². The molecule has 0 aliphatic rings. The topological polar surface area (TPSA) is 50.1 Å². The summed E-state index contributed by atoms with van der Waals surface area (Å²) in [5.74, 6) is 0. The van der Waals surface area contributed by atoms with E-state index in [0.29, 0.717) is 0 Å². The Morgan fingerprint density at radius 1 is 1.18 bits per heavy atom. The molecule has 0 saturated heterocycles. The number of nitrogens with one attached hydrogen (secondary N) is 2. The highest BCUT2D eigenvalue weighted by Gasteiger charge is 1.64. The summed E-state index contributed by atoms with van der Waals surface area (Å²) in [5.41, 5.74) is 5.08. The SMILES string of the molecule is C=C.CNCCN.[CH2]CNC. The summed E-state index contributed by atoms with van der Waals surface area (Å²) in [6.07, 6.45) is 0. The molecule has 3 nitrogen and oxygen atoms in total. The predicted molar refractivity (Wildman–Crippen MR) is 53.5 cm³/mol. The molecule has 0 aromatic carbocycles. The van der Waals surface area contributed by atoms with Crippen LogP contribution in [0.1, 0.15) is 0 Å². The van der Waals surface area contributed by atoms with Gasteiger partial charge in [0.1, 0.15) is 0 Å². The van der Waals surface area contributed by atoms with Crippen LogP contribution >= 0.6 is 0 Å². The minimum Gasteiger partial charge on any atom is -0.329 e. The highest BCUT2D eigenvalue weighted by atomic mass is 14.8. The van der Waals surface area contributed by atoms with E-state index in [1.165, 1.54) is 0 Å². The van der Waals surface area contributed by atoms with E-state index in [2.05, 4.69) is 30.7 Å². The third-order valence-corrected chi connectivity index (χ3v) is 0.644. The molecule has 0 rings (SSSR count). The summed E-state index contributed by atoms with van der Waals surface area (Å²) in [5, 5.41) is 5.71. The number of hydrogen-bond donors (Lipinski definition) is 3. The number of likely N-dealkylation sites (N-methyl/N-ethyl adjacent to an activating group) is 1. The Labute approximate surface area is 71.1 Å². The fourth-order valence-corrected chi connectivity index (χ4v) is 0.144. The second kappa shape index (κ2) is 33.5. The first-order valence-electron chi connectivity index (χ1n) is 3.62. The third-order valence-electron chi connectivity index (χ3n) is 0.644. The smallest absolute Gasteiger partial charge is 0.00714 e. The molecule has 0 bridgehead atoms. The molecule has 0 aliphatic heterocycles. The zero-order valence-corrected chi connectivity index (χ0v) is 7.82. The van der Waals surface area contributed by atoms with E-state index in [-0.39, 0.29) is 0 Å². The molecule has 0 saturated carbocycles. The van der Waals surface area contributed by atoms with Crippen LogP contribution in [0.5, 0.6) is 0 Å². The molecule has 11 heavy (non-hydrogen) atoms. The summed E-state index contributed by atoms with van der Waals surface area (Å²) < 4.78 is 0. The standard InChI is InChI=1S/C3H10N2.C3H8N.C2H4/c1-5-3-2-4;1-3-4-2;1-2/h5H,2-4H2,1H3;4H,1,3H2,2H3;1-2H2. The van der Waals surface area contributed by atoms with Crippen molar-refractivity contribution in [3.8, 4) is 0 Å². The summed E-state index contributed by atoms with van der Waals surface area (Å²) in [4.78, 5) is 0. The Morgan fingerprint density at radius 2 is 1.55 bits per heavy atom. The van der Waals surface area contributed by atoms with Crippen molar-refractivity contribution in [3.05, 3.63) is 20.1 Å². The average Bonchev–Trinajstić information content (AvgIpc) is 2.10. The van der Waals surface area contributed by atoms with Gasteiger partial charge in [0.05, 0.1) is 0 Å². The van der Waals surface area contributed by atoms with E-state index >= 15 is 0 Å². The van der Waals surface area contributed by atoms with Gasteiger partial charge in [0.15, 0.2) is 0 Å². The minimum absolute atomic E-state index is 0.733. The molecule has 1 radical (unpaired) electrons. The molecule has 69 valence electrons. The highest BCUT2D eigenvalue weighted by Crippen LogP contribution is 1.37. The monoisotopic (exact) mass is 160 g/mol. The Hall–Kier alpha value is -0.380. The third kappa shape index (κ3) is 81.4. The van der Waals surface area contributed by atoms with Gasteiger partial charge in [-0.15, -0.1) is 13.2 Å². The van der Waals surface area contributed by atoms with Crippen molar-refractivity contribution in [1.29, 1.82) is 0 Å². The first kappa shape index (κ1) is 16.9. The van der Waals surface area contributed by atoms with Gasteiger partial charge in [0.25, 0.3) is 0 Å². The first-order chi connectivity index (χ1) is 5.33. The summed E-state index contributed by atoms with van der Waals surface area (Å²) in [7, 11) is 3.75. The van der Waals surface area contributed by atoms with Gasteiger partial charge < -0.3 is 16.4 Å².